The van der Waals surface area contributed by atoms with Gasteiger partial charge in [0, 0.05) is 22.1 Å². The Morgan fingerprint density at radius 1 is 0.913 bits per heavy atom. The predicted molar refractivity (Wildman–Crippen MR) is 93.4 cm³/mol. The van der Waals surface area contributed by atoms with Crippen molar-refractivity contribution in [2.75, 3.05) is 14.2 Å². The number of methoxy groups -OCH3 is 2. The number of carbonyl (C=O) groups is 2. The SMILES string of the molecule is COc1cc(OC(C)=O)c(C(=O)c2ccc(I)cc2)cc1OC. The van der Waals surface area contributed by atoms with Crippen LogP contribution in [0.15, 0.2) is 36.4 Å². The highest BCUT2D eigenvalue weighted by Crippen LogP contribution is 2.36. The van der Waals surface area contributed by atoms with Gasteiger partial charge in [-0.25, -0.2) is 0 Å². The number of carbonyl (C=O) groups excluding carboxylic acids is 2. The highest BCUT2D eigenvalue weighted by Gasteiger charge is 2.20. The number of rotatable bonds is 5. The molecule has 2 rings (SSSR count). The minimum Gasteiger partial charge on any atom is -0.493 e. The second kappa shape index (κ2) is 7.45. The molecule has 0 aliphatic rings. The van der Waals surface area contributed by atoms with Crippen LogP contribution in [0, 0.1) is 3.57 Å². The third kappa shape index (κ3) is 4.01. The molecule has 0 aliphatic heterocycles. The molecule has 6 heteroatoms. The van der Waals surface area contributed by atoms with E-state index in [1.54, 1.807) is 12.1 Å². The fourth-order valence-electron chi connectivity index (χ4n) is 2.03. The average molecular weight is 426 g/mol. The van der Waals surface area contributed by atoms with Crippen molar-refractivity contribution in [2.24, 2.45) is 0 Å². The Hall–Kier alpha value is -2.09. The molecule has 0 saturated carbocycles. The molecule has 23 heavy (non-hydrogen) atoms. The summed E-state index contributed by atoms with van der Waals surface area (Å²) in [5.41, 5.74) is 0.727. The van der Waals surface area contributed by atoms with E-state index in [1.807, 2.05) is 12.1 Å². The first kappa shape index (κ1) is 17.3. The van der Waals surface area contributed by atoms with Crippen molar-refractivity contribution >= 4 is 34.3 Å². The van der Waals surface area contributed by atoms with Crippen molar-refractivity contribution in [1.82, 2.24) is 0 Å². The summed E-state index contributed by atoms with van der Waals surface area (Å²) in [5, 5.41) is 0. The van der Waals surface area contributed by atoms with E-state index in [0.29, 0.717) is 17.1 Å². The lowest BCUT2D eigenvalue weighted by Crippen LogP contribution is -2.09. The molecule has 0 unspecified atom stereocenters. The number of ketones is 1. The molecule has 2 aromatic carbocycles. The largest absolute Gasteiger partial charge is 0.493 e. The van der Waals surface area contributed by atoms with Crippen LogP contribution < -0.4 is 14.2 Å². The average Bonchev–Trinajstić information content (AvgIpc) is 2.54. The molecule has 0 N–H and O–H groups in total. The predicted octanol–water partition coefficient (Wildman–Crippen LogP) is 3.46. The molecule has 0 heterocycles. The molecule has 0 spiro atoms. The number of halogens is 1. The first-order chi connectivity index (χ1) is 11.0. The van der Waals surface area contributed by atoms with Crippen LogP contribution in [0.5, 0.6) is 17.2 Å². The quantitative estimate of drug-likeness (QED) is 0.317. The Bertz CT molecular complexity index is 737. The monoisotopic (exact) mass is 426 g/mol. The summed E-state index contributed by atoms with van der Waals surface area (Å²) in [6.07, 6.45) is 0. The minimum absolute atomic E-state index is 0.138. The van der Waals surface area contributed by atoms with Crippen molar-refractivity contribution in [2.45, 2.75) is 6.92 Å². The highest BCUT2D eigenvalue weighted by atomic mass is 127. The third-order valence-electron chi connectivity index (χ3n) is 3.09. The molecule has 0 amide bonds. The molecule has 2 aromatic rings. The van der Waals surface area contributed by atoms with E-state index >= 15 is 0 Å². The Balaban J connectivity index is 2.55. The van der Waals surface area contributed by atoms with Gasteiger partial charge in [-0.3, -0.25) is 9.59 Å². The van der Waals surface area contributed by atoms with Crippen LogP contribution in [0.4, 0.5) is 0 Å². The van der Waals surface area contributed by atoms with Crippen LogP contribution in [0.1, 0.15) is 22.8 Å². The van der Waals surface area contributed by atoms with Crippen molar-refractivity contribution < 1.29 is 23.8 Å². The van der Waals surface area contributed by atoms with E-state index in [2.05, 4.69) is 22.6 Å². The van der Waals surface area contributed by atoms with Crippen LogP contribution >= 0.6 is 22.6 Å². The van der Waals surface area contributed by atoms with E-state index in [-0.39, 0.29) is 17.1 Å². The maximum absolute atomic E-state index is 12.7. The van der Waals surface area contributed by atoms with Crippen molar-refractivity contribution in [3.8, 4) is 17.2 Å². The second-order valence-electron chi connectivity index (χ2n) is 4.63. The lowest BCUT2D eigenvalue weighted by molar-refractivity contribution is -0.131. The number of hydrogen-bond acceptors (Lipinski definition) is 5. The molecule has 0 atom stereocenters. The fraction of sp³-hybridized carbons (Fsp3) is 0.176. The van der Waals surface area contributed by atoms with E-state index in [1.165, 1.54) is 33.3 Å². The zero-order chi connectivity index (χ0) is 17.0. The van der Waals surface area contributed by atoms with Gasteiger partial charge in [-0.05, 0) is 52.9 Å². The summed E-state index contributed by atoms with van der Waals surface area (Å²) >= 11 is 2.16. The van der Waals surface area contributed by atoms with Crippen LogP contribution in [-0.4, -0.2) is 26.0 Å². The standard InChI is InChI=1S/C17H15IO5/c1-10(19)23-14-9-16(22-3)15(21-2)8-13(14)17(20)11-4-6-12(18)7-5-11/h4-9H,1-3H3. The normalized spacial score (nSPS) is 10.1. The molecular weight excluding hydrogens is 411 g/mol. The van der Waals surface area contributed by atoms with E-state index in [4.69, 9.17) is 14.2 Å². The van der Waals surface area contributed by atoms with Crippen molar-refractivity contribution in [3.05, 3.63) is 51.1 Å². The van der Waals surface area contributed by atoms with Crippen LogP contribution in [0.25, 0.3) is 0 Å². The first-order valence-electron chi connectivity index (χ1n) is 6.71. The smallest absolute Gasteiger partial charge is 0.308 e. The third-order valence-corrected chi connectivity index (χ3v) is 3.81. The van der Waals surface area contributed by atoms with Gasteiger partial charge in [-0.1, -0.05) is 0 Å². The Morgan fingerprint density at radius 2 is 1.48 bits per heavy atom. The van der Waals surface area contributed by atoms with E-state index < -0.39 is 5.97 Å². The van der Waals surface area contributed by atoms with Gasteiger partial charge in [-0.2, -0.15) is 0 Å². The zero-order valence-electron chi connectivity index (χ0n) is 12.9. The van der Waals surface area contributed by atoms with Gasteiger partial charge in [0.1, 0.15) is 5.75 Å². The minimum atomic E-state index is -0.520. The van der Waals surface area contributed by atoms with Crippen molar-refractivity contribution in [1.29, 1.82) is 0 Å². The molecule has 0 fully saturated rings. The summed E-state index contributed by atoms with van der Waals surface area (Å²) in [5.74, 6) is 0.117. The van der Waals surface area contributed by atoms with Gasteiger partial charge < -0.3 is 14.2 Å². The Morgan fingerprint density at radius 3 is 2.00 bits per heavy atom. The number of hydrogen-bond donors (Lipinski definition) is 0. The lowest BCUT2D eigenvalue weighted by atomic mass is 10.0. The van der Waals surface area contributed by atoms with Crippen molar-refractivity contribution in [3.63, 3.8) is 0 Å². The van der Waals surface area contributed by atoms with Gasteiger partial charge in [0.05, 0.1) is 19.8 Å². The molecule has 0 saturated heterocycles. The number of esters is 1. The maximum Gasteiger partial charge on any atom is 0.308 e. The molecule has 0 aliphatic carbocycles. The molecule has 5 nitrogen and oxygen atoms in total. The molecular formula is C17H15IO5. The Kier molecular flexibility index (Phi) is 5.59. The summed E-state index contributed by atoms with van der Waals surface area (Å²) in [4.78, 5) is 24.1. The second-order valence-corrected chi connectivity index (χ2v) is 5.88. The molecule has 0 bridgehead atoms. The van der Waals surface area contributed by atoms with Gasteiger partial charge in [0.25, 0.3) is 0 Å². The van der Waals surface area contributed by atoms with E-state index in [9.17, 15) is 9.59 Å². The number of ether oxygens (including phenoxy) is 3. The van der Waals surface area contributed by atoms with Gasteiger partial charge in [-0.15, -0.1) is 0 Å². The summed E-state index contributed by atoms with van der Waals surface area (Å²) in [7, 11) is 2.94. The lowest BCUT2D eigenvalue weighted by Gasteiger charge is -2.13. The summed E-state index contributed by atoms with van der Waals surface area (Å²) < 4.78 is 16.6. The highest BCUT2D eigenvalue weighted by molar-refractivity contribution is 14.1. The van der Waals surface area contributed by atoms with Crippen LogP contribution in [-0.2, 0) is 4.79 Å². The summed E-state index contributed by atoms with van der Waals surface area (Å²) in [6, 6.07) is 10.1. The fourth-order valence-corrected chi connectivity index (χ4v) is 2.39. The first-order valence-corrected chi connectivity index (χ1v) is 7.79. The van der Waals surface area contributed by atoms with Gasteiger partial charge in [0.2, 0.25) is 0 Å². The van der Waals surface area contributed by atoms with Gasteiger partial charge in [0.15, 0.2) is 17.3 Å². The topological polar surface area (TPSA) is 61.8 Å². The van der Waals surface area contributed by atoms with Gasteiger partial charge >= 0.3 is 5.97 Å². The maximum atomic E-state index is 12.7. The van der Waals surface area contributed by atoms with Crippen LogP contribution in [0.3, 0.4) is 0 Å². The molecule has 0 radical (unpaired) electrons. The van der Waals surface area contributed by atoms with Crippen LogP contribution in [0.2, 0.25) is 0 Å². The summed E-state index contributed by atoms with van der Waals surface area (Å²) in [6.45, 7) is 1.27. The molecule has 0 aromatic heterocycles. The molecule has 120 valence electrons. The Labute approximate surface area is 147 Å². The number of benzene rings is 2. The van der Waals surface area contributed by atoms with E-state index in [0.717, 1.165) is 3.57 Å². The zero-order valence-corrected chi connectivity index (χ0v) is 15.0.